The number of hydrogen-bond acceptors (Lipinski definition) is 7. The SMILES string of the molecule is CCOC(=O)Cc1csc(S[C@H](C)C(=O)NC(=O)NC2CCCCC2)n1. The fraction of sp³-hybridized carbons (Fsp3) is 0.647. The quantitative estimate of drug-likeness (QED) is 0.540. The van der Waals surface area contributed by atoms with Crippen LogP contribution in [-0.4, -0.2) is 40.8 Å². The average Bonchev–Trinajstić information content (AvgIpc) is 3.02. The molecule has 144 valence electrons. The van der Waals surface area contributed by atoms with E-state index in [1.54, 1.807) is 19.2 Å². The molecule has 1 heterocycles. The Morgan fingerprint density at radius 2 is 2.08 bits per heavy atom. The summed E-state index contributed by atoms with van der Waals surface area (Å²) in [7, 11) is 0. The van der Waals surface area contributed by atoms with Crippen LogP contribution in [0, 0.1) is 0 Å². The molecule has 1 fully saturated rings. The van der Waals surface area contributed by atoms with Gasteiger partial charge in [-0.25, -0.2) is 9.78 Å². The highest BCUT2D eigenvalue weighted by molar-refractivity contribution is 8.02. The summed E-state index contributed by atoms with van der Waals surface area (Å²) in [5.74, 6) is -0.676. The van der Waals surface area contributed by atoms with Gasteiger partial charge in [0, 0.05) is 11.4 Å². The number of aromatic nitrogens is 1. The van der Waals surface area contributed by atoms with Crippen LogP contribution in [0.2, 0.25) is 0 Å². The van der Waals surface area contributed by atoms with Crippen molar-refractivity contribution >= 4 is 41.0 Å². The van der Waals surface area contributed by atoms with E-state index in [1.165, 1.54) is 29.5 Å². The zero-order chi connectivity index (χ0) is 18.9. The lowest BCUT2D eigenvalue weighted by atomic mass is 9.96. The second kappa shape index (κ2) is 10.5. The summed E-state index contributed by atoms with van der Waals surface area (Å²) >= 11 is 2.63. The lowest BCUT2D eigenvalue weighted by Gasteiger charge is -2.22. The Morgan fingerprint density at radius 3 is 2.77 bits per heavy atom. The Balaban J connectivity index is 1.76. The third-order valence-electron chi connectivity index (χ3n) is 3.99. The number of amides is 3. The van der Waals surface area contributed by atoms with E-state index in [0.29, 0.717) is 16.6 Å². The average molecular weight is 400 g/mol. The van der Waals surface area contributed by atoms with E-state index >= 15 is 0 Å². The van der Waals surface area contributed by atoms with Crippen molar-refractivity contribution in [2.24, 2.45) is 0 Å². The maximum Gasteiger partial charge on any atom is 0.321 e. The zero-order valence-electron chi connectivity index (χ0n) is 15.1. The van der Waals surface area contributed by atoms with Crippen molar-refractivity contribution in [2.75, 3.05) is 6.61 Å². The molecule has 9 heteroatoms. The fourth-order valence-corrected chi connectivity index (χ4v) is 4.65. The van der Waals surface area contributed by atoms with Crippen LogP contribution in [0.3, 0.4) is 0 Å². The summed E-state index contributed by atoms with van der Waals surface area (Å²) < 4.78 is 5.57. The van der Waals surface area contributed by atoms with Crippen molar-refractivity contribution in [1.82, 2.24) is 15.6 Å². The van der Waals surface area contributed by atoms with E-state index < -0.39 is 11.3 Å². The molecule has 0 saturated heterocycles. The minimum Gasteiger partial charge on any atom is -0.466 e. The Morgan fingerprint density at radius 1 is 1.35 bits per heavy atom. The standard InChI is InChI=1S/C17H25N3O4S2/c1-3-24-14(21)9-13-10-25-17(19-13)26-11(2)15(22)20-16(23)18-12-7-5-4-6-8-12/h10-12H,3-9H2,1-2H3,(H2,18,20,22,23)/t11-/m1/s1. The number of thioether (sulfide) groups is 1. The van der Waals surface area contributed by atoms with Crippen LogP contribution in [0.1, 0.15) is 51.6 Å². The molecule has 1 aromatic heterocycles. The molecular weight excluding hydrogens is 374 g/mol. The van der Waals surface area contributed by atoms with E-state index in [0.717, 1.165) is 25.7 Å². The number of urea groups is 1. The lowest BCUT2D eigenvalue weighted by molar-refractivity contribution is -0.142. The van der Waals surface area contributed by atoms with Crippen molar-refractivity contribution in [3.8, 4) is 0 Å². The van der Waals surface area contributed by atoms with E-state index in [9.17, 15) is 14.4 Å². The van der Waals surface area contributed by atoms with E-state index in [1.807, 2.05) is 0 Å². The fourth-order valence-electron chi connectivity index (χ4n) is 2.67. The number of nitrogens with one attached hydrogen (secondary N) is 2. The van der Waals surface area contributed by atoms with Gasteiger partial charge in [-0.1, -0.05) is 31.0 Å². The lowest BCUT2D eigenvalue weighted by Crippen LogP contribution is -2.47. The molecule has 0 aromatic carbocycles. The predicted molar refractivity (Wildman–Crippen MR) is 101 cm³/mol. The van der Waals surface area contributed by atoms with E-state index in [2.05, 4.69) is 15.6 Å². The highest BCUT2D eigenvalue weighted by Crippen LogP contribution is 2.27. The third kappa shape index (κ3) is 6.95. The Kier molecular flexibility index (Phi) is 8.37. The van der Waals surface area contributed by atoms with Gasteiger partial charge in [0.2, 0.25) is 5.91 Å². The number of ether oxygens (including phenoxy) is 1. The molecule has 7 nitrogen and oxygen atoms in total. The minimum absolute atomic E-state index is 0.120. The van der Waals surface area contributed by atoms with E-state index in [-0.39, 0.29) is 24.3 Å². The van der Waals surface area contributed by atoms with Gasteiger partial charge in [-0.3, -0.25) is 14.9 Å². The first kappa shape index (κ1) is 20.7. The summed E-state index contributed by atoms with van der Waals surface area (Å²) in [5, 5.41) is 6.57. The monoisotopic (exact) mass is 399 g/mol. The van der Waals surface area contributed by atoms with Crippen LogP contribution in [0.4, 0.5) is 4.79 Å². The number of carbonyl (C=O) groups excluding carboxylic acids is 3. The topological polar surface area (TPSA) is 97.4 Å². The third-order valence-corrected chi connectivity index (χ3v) is 6.11. The molecule has 1 aromatic rings. The summed E-state index contributed by atoms with van der Waals surface area (Å²) in [6.45, 7) is 3.82. The number of carbonyl (C=O) groups is 3. The molecule has 0 spiro atoms. The van der Waals surface area contributed by atoms with E-state index in [4.69, 9.17) is 4.74 Å². The van der Waals surface area contributed by atoms with Gasteiger partial charge in [0.1, 0.15) is 0 Å². The maximum atomic E-state index is 12.2. The van der Waals surface area contributed by atoms with Crippen LogP contribution < -0.4 is 10.6 Å². The highest BCUT2D eigenvalue weighted by atomic mass is 32.2. The predicted octanol–water partition coefficient (Wildman–Crippen LogP) is 2.89. The van der Waals surface area contributed by atoms with Gasteiger partial charge in [-0.2, -0.15) is 0 Å². The number of esters is 1. The molecular formula is C17H25N3O4S2. The molecule has 0 bridgehead atoms. The first-order valence-corrected chi connectivity index (χ1v) is 10.6. The Bertz CT molecular complexity index is 629. The summed E-state index contributed by atoms with van der Waals surface area (Å²) in [4.78, 5) is 39.9. The Labute approximate surface area is 161 Å². The zero-order valence-corrected chi connectivity index (χ0v) is 16.7. The van der Waals surface area contributed by atoms with Crippen LogP contribution in [0.15, 0.2) is 9.72 Å². The summed E-state index contributed by atoms with van der Waals surface area (Å²) in [6.07, 6.45) is 5.49. The molecule has 0 radical (unpaired) electrons. The van der Waals surface area contributed by atoms with Crippen molar-refractivity contribution in [2.45, 2.75) is 68.0 Å². The van der Waals surface area contributed by atoms with Crippen molar-refractivity contribution < 1.29 is 19.1 Å². The van der Waals surface area contributed by atoms with Crippen molar-refractivity contribution in [1.29, 1.82) is 0 Å². The van der Waals surface area contributed by atoms with Gasteiger partial charge >= 0.3 is 12.0 Å². The number of thiazole rings is 1. The second-order valence-corrected chi connectivity index (χ2v) is 8.59. The highest BCUT2D eigenvalue weighted by Gasteiger charge is 2.21. The summed E-state index contributed by atoms with van der Waals surface area (Å²) in [6, 6.07) is -0.277. The normalized spacial score (nSPS) is 15.9. The van der Waals surface area contributed by atoms with Gasteiger partial charge in [-0.05, 0) is 26.7 Å². The first-order valence-electron chi connectivity index (χ1n) is 8.86. The molecule has 1 aliphatic carbocycles. The molecule has 1 saturated carbocycles. The number of rotatable bonds is 7. The van der Waals surface area contributed by atoms with Crippen molar-refractivity contribution in [3.05, 3.63) is 11.1 Å². The van der Waals surface area contributed by atoms with Crippen LogP contribution in [-0.2, 0) is 20.7 Å². The van der Waals surface area contributed by atoms with Crippen LogP contribution in [0.5, 0.6) is 0 Å². The van der Waals surface area contributed by atoms with Gasteiger partial charge < -0.3 is 10.1 Å². The molecule has 0 aliphatic heterocycles. The van der Waals surface area contributed by atoms with Crippen LogP contribution >= 0.6 is 23.1 Å². The Hall–Kier alpha value is -1.61. The second-order valence-electron chi connectivity index (χ2n) is 6.14. The largest absolute Gasteiger partial charge is 0.466 e. The minimum atomic E-state index is -0.464. The maximum absolute atomic E-state index is 12.2. The molecule has 0 unspecified atom stereocenters. The molecule has 1 atom stereocenters. The number of hydrogen-bond donors (Lipinski definition) is 2. The summed E-state index contributed by atoms with van der Waals surface area (Å²) in [5.41, 5.74) is 0.624. The molecule has 3 amide bonds. The van der Waals surface area contributed by atoms with Gasteiger partial charge in [0.25, 0.3) is 0 Å². The van der Waals surface area contributed by atoms with Crippen LogP contribution in [0.25, 0.3) is 0 Å². The molecule has 2 rings (SSSR count). The molecule has 26 heavy (non-hydrogen) atoms. The van der Waals surface area contributed by atoms with Gasteiger partial charge in [0.05, 0.1) is 24.0 Å². The first-order chi connectivity index (χ1) is 12.5. The van der Waals surface area contributed by atoms with Crippen molar-refractivity contribution in [3.63, 3.8) is 0 Å². The smallest absolute Gasteiger partial charge is 0.321 e. The van der Waals surface area contributed by atoms with Gasteiger partial charge in [-0.15, -0.1) is 11.3 Å². The van der Waals surface area contributed by atoms with Gasteiger partial charge in [0.15, 0.2) is 4.34 Å². The number of nitrogens with zero attached hydrogens (tertiary/aromatic N) is 1. The molecule has 2 N–H and O–H groups in total. The molecule has 1 aliphatic rings. The number of imide groups is 1.